The molecule has 0 fully saturated rings. The quantitative estimate of drug-likeness (QED) is 0.450. The van der Waals surface area contributed by atoms with Gasteiger partial charge in [-0.15, -0.1) is 0 Å². The van der Waals surface area contributed by atoms with Crippen molar-refractivity contribution in [3.05, 3.63) is 0 Å². The maximum absolute atomic E-state index is 12.1. The van der Waals surface area contributed by atoms with Gasteiger partial charge in [0.25, 0.3) is 0 Å². The molecule has 0 aliphatic carbocycles. The van der Waals surface area contributed by atoms with E-state index in [4.69, 9.17) is 0 Å². The Morgan fingerprint density at radius 1 is 0.962 bits per heavy atom. The van der Waals surface area contributed by atoms with E-state index in [1.54, 1.807) is 0 Å². The zero-order chi connectivity index (χ0) is 21.8. The SMILES string of the molecule is CC.CC.CC.CCCSC(C)(C)CC(C)C(=O)NC(CO)(CO)CO. The first kappa shape index (κ1) is 33.3. The summed E-state index contributed by atoms with van der Waals surface area (Å²) in [6.07, 6.45) is 1.79. The van der Waals surface area contributed by atoms with Crippen LogP contribution in [-0.2, 0) is 4.79 Å². The highest BCUT2D eigenvalue weighted by molar-refractivity contribution is 8.00. The number of aliphatic hydroxyl groups is 3. The first-order valence-electron chi connectivity index (χ1n) is 10.0. The second-order valence-electron chi connectivity index (χ2n) is 5.96. The number of thioether (sulfide) groups is 1. The number of aliphatic hydroxyl groups excluding tert-OH is 3. The molecule has 0 saturated heterocycles. The van der Waals surface area contributed by atoms with E-state index < -0.39 is 25.4 Å². The third-order valence-electron chi connectivity index (χ3n) is 3.24. The molecule has 1 amide bonds. The van der Waals surface area contributed by atoms with Crippen LogP contribution in [0, 0.1) is 5.92 Å². The number of carbonyl (C=O) groups excluding carboxylic acids is 1. The average molecular weight is 398 g/mol. The van der Waals surface area contributed by atoms with E-state index in [1.165, 1.54) is 0 Å². The predicted molar refractivity (Wildman–Crippen MR) is 117 cm³/mol. The molecular weight excluding hydrogens is 350 g/mol. The number of hydrogen-bond donors (Lipinski definition) is 4. The number of carbonyl (C=O) groups is 1. The van der Waals surface area contributed by atoms with Crippen molar-refractivity contribution in [2.45, 2.75) is 92.4 Å². The van der Waals surface area contributed by atoms with E-state index >= 15 is 0 Å². The molecule has 0 aromatic heterocycles. The van der Waals surface area contributed by atoms with Gasteiger partial charge < -0.3 is 20.6 Å². The van der Waals surface area contributed by atoms with Crippen molar-refractivity contribution in [1.82, 2.24) is 5.32 Å². The second kappa shape index (κ2) is 21.0. The maximum atomic E-state index is 12.1. The first-order valence-corrected chi connectivity index (χ1v) is 11.0. The Bertz CT molecular complexity index is 287. The lowest BCUT2D eigenvalue weighted by molar-refractivity contribution is -0.129. The van der Waals surface area contributed by atoms with Crippen LogP contribution in [0.15, 0.2) is 0 Å². The lowest BCUT2D eigenvalue weighted by atomic mass is 9.95. The fourth-order valence-corrected chi connectivity index (χ4v) is 3.05. The fourth-order valence-electron chi connectivity index (χ4n) is 1.92. The summed E-state index contributed by atoms with van der Waals surface area (Å²) in [4.78, 5) is 12.1. The molecule has 0 saturated carbocycles. The molecule has 162 valence electrons. The molecule has 0 spiro atoms. The van der Waals surface area contributed by atoms with Crippen LogP contribution in [-0.4, -0.2) is 57.1 Å². The predicted octanol–water partition coefficient (Wildman–Crippen LogP) is 3.84. The van der Waals surface area contributed by atoms with Gasteiger partial charge in [0, 0.05) is 10.7 Å². The summed E-state index contributed by atoms with van der Waals surface area (Å²) >= 11 is 1.83. The molecule has 0 rings (SSSR count). The van der Waals surface area contributed by atoms with Gasteiger partial charge >= 0.3 is 0 Å². The summed E-state index contributed by atoms with van der Waals surface area (Å²) in [5, 5.41) is 30.2. The van der Waals surface area contributed by atoms with Crippen molar-refractivity contribution in [2.24, 2.45) is 5.92 Å². The van der Waals surface area contributed by atoms with Gasteiger partial charge in [0.15, 0.2) is 0 Å². The smallest absolute Gasteiger partial charge is 0.223 e. The summed E-state index contributed by atoms with van der Waals surface area (Å²) in [5.41, 5.74) is -1.34. The Labute approximate surface area is 167 Å². The Kier molecular flexibility index (Phi) is 26.9. The molecule has 0 aliphatic heterocycles. The van der Waals surface area contributed by atoms with Crippen LogP contribution in [0.3, 0.4) is 0 Å². The lowest BCUT2D eigenvalue weighted by Gasteiger charge is -2.32. The first-order chi connectivity index (χ1) is 12.3. The van der Waals surface area contributed by atoms with Gasteiger partial charge in [0.2, 0.25) is 5.91 Å². The molecule has 6 heteroatoms. The van der Waals surface area contributed by atoms with Crippen LogP contribution in [0.4, 0.5) is 0 Å². The van der Waals surface area contributed by atoms with Gasteiger partial charge in [-0.25, -0.2) is 0 Å². The standard InChI is InChI=1S/C14H29NO4S.3C2H6/c1-5-6-20-13(3,4)7-11(2)12(19)15-14(8-16,9-17)10-18;3*1-2/h11,16-18H,5-10H2,1-4H3,(H,15,19);3*1-2H3. The van der Waals surface area contributed by atoms with E-state index in [9.17, 15) is 20.1 Å². The van der Waals surface area contributed by atoms with Crippen molar-refractivity contribution in [1.29, 1.82) is 0 Å². The maximum Gasteiger partial charge on any atom is 0.223 e. The second-order valence-corrected chi connectivity index (χ2v) is 7.76. The van der Waals surface area contributed by atoms with E-state index in [0.717, 1.165) is 12.2 Å². The molecule has 0 heterocycles. The van der Waals surface area contributed by atoms with Crippen molar-refractivity contribution >= 4 is 17.7 Å². The topological polar surface area (TPSA) is 89.8 Å². The lowest BCUT2D eigenvalue weighted by Crippen LogP contribution is -2.58. The van der Waals surface area contributed by atoms with Gasteiger partial charge in [0.05, 0.1) is 19.8 Å². The molecule has 5 nitrogen and oxygen atoms in total. The summed E-state index contributed by atoms with van der Waals surface area (Å²) < 4.78 is -0.00687. The highest BCUT2D eigenvalue weighted by Gasteiger charge is 2.33. The molecule has 0 aromatic rings. The van der Waals surface area contributed by atoms with Crippen molar-refractivity contribution in [3.63, 3.8) is 0 Å². The molecular formula is C20H47NO4S. The number of nitrogens with one attached hydrogen (secondary N) is 1. The largest absolute Gasteiger partial charge is 0.394 e. The van der Waals surface area contributed by atoms with E-state index in [2.05, 4.69) is 26.1 Å². The van der Waals surface area contributed by atoms with Crippen LogP contribution in [0.5, 0.6) is 0 Å². The summed E-state index contributed by atoms with van der Waals surface area (Å²) in [7, 11) is 0. The summed E-state index contributed by atoms with van der Waals surface area (Å²) in [5.74, 6) is 0.542. The minimum Gasteiger partial charge on any atom is -0.394 e. The van der Waals surface area contributed by atoms with Crippen LogP contribution in [0.2, 0.25) is 0 Å². The molecule has 0 aliphatic rings. The van der Waals surface area contributed by atoms with Crippen LogP contribution in [0.25, 0.3) is 0 Å². The number of hydrogen-bond acceptors (Lipinski definition) is 5. The molecule has 4 N–H and O–H groups in total. The van der Waals surface area contributed by atoms with Crippen LogP contribution in [0.1, 0.15) is 82.1 Å². The average Bonchev–Trinajstić information content (AvgIpc) is 2.68. The molecule has 26 heavy (non-hydrogen) atoms. The van der Waals surface area contributed by atoms with E-state index in [1.807, 2.05) is 60.2 Å². The summed E-state index contributed by atoms with van der Waals surface area (Å²) in [6, 6.07) is 0. The molecule has 1 atom stereocenters. The minimum absolute atomic E-state index is 0.00687. The van der Waals surface area contributed by atoms with E-state index in [-0.39, 0.29) is 16.6 Å². The molecule has 0 bridgehead atoms. The minimum atomic E-state index is -1.34. The molecule has 0 radical (unpaired) electrons. The summed E-state index contributed by atoms with van der Waals surface area (Å²) in [6.45, 7) is 18.7. The Balaban J connectivity index is -0.000000362. The monoisotopic (exact) mass is 397 g/mol. The van der Waals surface area contributed by atoms with Gasteiger partial charge in [-0.05, 0) is 18.6 Å². The zero-order valence-electron chi connectivity index (χ0n) is 19.0. The van der Waals surface area contributed by atoms with Crippen molar-refractivity contribution in [3.8, 4) is 0 Å². The van der Waals surface area contributed by atoms with E-state index in [0.29, 0.717) is 6.42 Å². The van der Waals surface area contributed by atoms with Gasteiger partial charge in [-0.2, -0.15) is 11.8 Å². The molecule has 0 aromatic carbocycles. The van der Waals surface area contributed by atoms with Gasteiger partial charge in [-0.1, -0.05) is 69.2 Å². The van der Waals surface area contributed by atoms with Crippen molar-refractivity contribution < 1.29 is 20.1 Å². The zero-order valence-corrected chi connectivity index (χ0v) is 19.8. The molecule has 1 unspecified atom stereocenters. The van der Waals surface area contributed by atoms with Crippen LogP contribution >= 0.6 is 11.8 Å². The third kappa shape index (κ3) is 15.9. The van der Waals surface area contributed by atoms with Gasteiger partial charge in [-0.3, -0.25) is 4.79 Å². The highest BCUT2D eigenvalue weighted by Crippen LogP contribution is 2.32. The van der Waals surface area contributed by atoms with Gasteiger partial charge in [0.1, 0.15) is 5.54 Å². The number of amides is 1. The van der Waals surface area contributed by atoms with Crippen molar-refractivity contribution in [2.75, 3.05) is 25.6 Å². The number of rotatable bonds is 10. The Hall–Kier alpha value is -0.300. The Morgan fingerprint density at radius 3 is 1.65 bits per heavy atom. The third-order valence-corrected chi connectivity index (χ3v) is 4.80. The van der Waals surface area contributed by atoms with Crippen LogP contribution < -0.4 is 5.32 Å². The normalized spacial score (nSPS) is 11.6. The highest BCUT2D eigenvalue weighted by atomic mass is 32.2. The fraction of sp³-hybridized carbons (Fsp3) is 0.950. The Morgan fingerprint density at radius 2 is 1.35 bits per heavy atom.